The Morgan fingerprint density at radius 3 is 2.57 bits per heavy atom. The Morgan fingerprint density at radius 2 is 1.95 bits per heavy atom. The molecule has 1 unspecified atom stereocenters. The smallest absolute Gasteiger partial charge is 0.343 e. The molecule has 0 aliphatic carbocycles. The van der Waals surface area contributed by atoms with E-state index >= 15 is 0 Å². The molecule has 0 heterocycles. The van der Waals surface area contributed by atoms with Gasteiger partial charge in [0.2, 0.25) is 0 Å². The van der Waals surface area contributed by atoms with Crippen molar-refractivity contribution in [2.75, 3.05) is 0 Å². The lowest BCUT2D eigenvalue weighted by Crippen LogP contribution is -2.10. The van der Waals surface area contributed by atoms with Gasteiger partial charge in [0.1, 0.15) is 5.75 Å². The lowest BCUT2D eigenvalue weighted by atomic mass is 9.99. The summed E-state index contributed by atoms with van der Waals surface area (Å²) in [5.74, 6) is 0.711. The fourth-order valence-corrected chi connectivity index (χ4v) is 2.58. The minimum Gasteiger partial charge on any atom is -0.422 e. The van der Waals surface area contributed by atoms with Crippen LogP contribution in [0.2, 0.25) is 0 Å². The summed E-state index contributed by atoms with van der Waals surface area (Å²) in [6.07, 6.45) is 1.08. The van der Waals surface area contributed by atoms with Crippen molar-refractivity contribution in [2.24, 2.45) is 0 Å². The van der Waals surface area contributed by atoms with Crippen LogP contribution in [0.3, 0.4) is 0 Å². The molecule has 21 heavy (non-hydrogen) atoms. The second-order valence-electron chi connectivity index (χ2n) is 5.20. The molecule has 2 aromatic rings. The number of aryl methyl sites for hydroxylation is 1. The predicted octanol–water partition coefficient (Wildman–Crippen LogP) is 5.49. The molecule has 0 fully saturated rings. The normalized spacial score (nSPS) is 12.0. The van der Waals surface area contributed by atoms with Gasteiger partial charge in [0.25, 0.3) is 0 Å². The van der Waals surface area contributed by atoms with Gasteiger partial charge in [-0.15, -0.1) is 0 Å². The van der Waals surface area contributed by atoms with Crippen LogP contribution >= 0.6 is 15.9 Å². The molecular formula is C18H19BrO2. The van der Waals surface area contributed by atoms with E-state index in [0.29, 0.717) is 17.2 Å². The number of hydrogen-bond donors (Lipinski definition) is 0. The van der Waals surface area contributed by atoms with Gasteiger partial charge >= 0.3 is 5.97 Å². The molecule has 0 amide bonds. The molecule has 2 aromatic carbocycles. The van der Waals surface area contributed by atoms with Crippen molar-refractivity contribution in [2.45, 2.75) is 33.1 Å². The summed E-state index contributed by atoms with van der Waals surface area (Å²) in [6.45, 7) is 6.24. The van der Waals surface area contributed by atoms with Crippen LogP contribution in [0.25, 0.3) is 0 Å². The maximum absolute atomic E-state index is 12.2. The van der Waals surface area contributed by atoms with Gasteiger partial charge in [0, 0.05) is 0 Å². The average Bonchev–Trinajstić information content (AvgIpc) is 2.48. The number of carbonyl (C=O) groups is 1. The molecule has 0 saturated carbocycles. The number of esters is 1. The van der Waals surface area contributed by atoms with Crippen LogP contribution in [0.5, 0.6) is 5.75 Å². The highest BCUT2D eigenvalue weighted by Crippen LogP contribution is 2.30. The van der Waals surface area contributed by atoms with Crippen molar-refractivity contribution in [1.29, 1.82) is 0 Å². The van der Waals surface area contributed by atoms with Gasteiger partial charge in [-0.05, 0) is 64.5 Å². The van der Waals surface area contributed by atoms with Crippen molar-refractivity contribution < 1.29 is 9.53 Å². The maximum Gasteiger partial charge on any atom is 0.343 e. The fourth-order valence-electron chi connectivity index (χ4n) is 2.10. The highest BCUT2D eigenvalue weighted by atomic mass is 79.9. The Morgan fingerprint density at radius 1 is 1.24 bits per heavy atom. The number of ether oxygens (including phenoxy) is 1. The summed E-state index contributed by atoms with van der Waals surface area (Å²) < 4.78 is 6.30. The predicted molar refractivity (Wildman–Crippen MR) is 89.0 cm³/mol. The van der Waals surface area contributed by atoms with Crippen LogP contribution in [-0.4, -0.2) is 5.97 Å². The van der Waals surface area contributed by atoms with E-state index in [2.05, 4.69) is 29.8 Å². The van der Waals surface area contributed by atoms with Gasteiger partial charge in [-0.1, -0.05) is 38.1 Å². The first-order chi connectivity index (χ1) is 10.0. The van der Waals surface area contributed by atoms with Crippen molar-refractivity contribution in [3.8, 4) is 5.75 Å². The highest BCUT2D eigenvalue weighted by Gasteiger charge is 2.14. The Kier molecular flexibility index (Phi) is 5.18. The molecular weight excluding hydrogens is 328 g/mol. The highest BCUT2D eigenvalue weighted by molar-refractivity contribution is 9.10. The number of halogens is 1. The number of carbonyl (C=O) groups excluding carboxylic acids is 1. The van der Waals surface area contributed by atoms with Gasteiger partial charge in [-0.2, -0.15) is 0 Å². The zero-order valence-corrected chi connectivity index (χ0v) is 14.1. The summed E-state index contributed by atoms with van der Waals surface area (Å²) in [6, 6.07) is 13.3. The molecule has 0 bridgehead atoms. The third kappa shape index (κ3) is 3.73. The monoisotopic (exact) mass is 346 g/mol. The Hall–Kier alpha value is -1.61. The molecule has 0 radical (unpaired) electrons. The number of benzene rings is 2. The zero-order valence-electron chi connectivity index (χ0n) is 12.5. The topological polar surface area (TPSA) is 26.3 Å². The third-order valence-corrected chi connectivity index (χ3v) is 4.32. The van der Waals surface area contributed by atoms with E-state index in [-0.39, 0.29) is 5.97 Å². The van der Waals surface area contributed by atoms with Crippen molar-refractivity contribution in [3.05, 3.63) is 63.6 Å². The van der Waals surface area contributed by atoms with Crippen LogP contribution in [0.15, 0.2) is 46.9 Å². The van der Waals surface area contributed by atoms with Crippen LogP contribution in [-0.2, 0) is 0 Å². The SMILES string of the molecule is CCC(C)c1ccc(OC(=O)c2ccccc2C)c(Br)c1. The molecule has 0 spiro atoms. The second-order valence-corrected chi connectivity index (χ2v) is 6.06. The van der Waals surface area contributed by atoms with E-state index in [1.54, 1.807) is 6.07 Å². The van der Waals surface area contributed by atoms with E-state index < -0.39 is 0 Å². The molecule has 2 nitrogen and oxygen atoms in total. The first-order valence-electron chi connectivity index (χ1n) is 7.10. The van der Waals surface area contributed by atoms with Gasteiger partial charge in [0.05, 0.1) is 10.0 Å². The van der Waals surface area contributed by atoms with Gasteiger partial charge < -0.3 is 4.74 Å². The fraction of sp³-hybridized carbons (Fsp3) is 0.278. The Bertz CT molecular complexity index is 649. The summed E-state index contributed by atoms with van der Waals surface area (Å²) in [4.78, 5) is 12.2. The summed E-state index contributed by atoms with van der Waals surface area (Å²) in [7, 11) is 0. The summed E-state index contributed by atoms with van der Waals surface area (Å²) in [5, 5.41) is 0. The van der Waals surface area contributed by atoms with Gasteiger partial charge in [-0.3, -0.25) is 0 Å². The molecule has 0 N–H and O–H groups in total. The minimum atomic E-state index is -0.329. The Labute approximate surface area is 134 Å². The number of hydrogen-bond acceptors (Lipinski definition) is 2. The third-order valence-electron chi connectivity index (χ3n) is 3.70. The summed E-state index contributed by atoms with van der Waals surface area (Å²) in [5.41, 5.74) is 2.74. The molecule has 1 atom stereocenters. The van der Waals surface area contributed by atoms with Crippen LogP contribution < -0.4 is 4.74 Å². The van der Waals surface area contributed by atoms with Crippen LogP contribution in [0.4, 0.5) is 0 Å². The van der Waals surface area contributed by atoms with Crippen molar-refractivity contribution >= 4 is 21.9 Å². The van der Waals surface area contributed by atoms with E-state index in [0.717, 1.165) is 16.5 Å². The van der Waals surface area contributed by atoms with Crippen molar-refractivity contribution in [1.82, 2.24) is 0 Å². The zero-order chi connectivity index (χ0) is 15.4. The van der Waals surface area contributed by atoms with E-state index in [1.807, 2.05) is 43.3 Å². The van der Waals surface area contributed by atoms with Crippen LogP contribution in [0, 0.1) is 6.92 Å². The van der Waals surface area contributed by atoms with Crippen molar-refractivity contribution in [3.63, 3.8) is 0 Å². The minimum absolute atomic E-state index is 0.329. The Balaban J connectivity index is 2.20. The average molecular weight is 347 g/mol. The molecule has 2 rings (SSSR count). The quantitative estimate of drug-likeness (QED) is 0.540. The molecule has 3 heteroatoms. The largest absolute Gasteiger partial charge is 0.422 e. The van der Waals surface area contributed by atoms with Gasteiger partial charge in [-0.25, -0.2) is 4.79 Å². The first-order valence-corrected chi connectivity index (χ1v) is 7.89. The molecule has 0 aromatic heterocycles. The van der Waals surface area contributed by atoms with E-state index in [1.165, 1.54) is 5.56 Å². The summed E-state index contributed by atoms with van der Waals surface area (Å²) >= 11 is 3.49. The standard InChI is InChI=1S/C18H19BrO2/c1-4-12(2)14-9-10-17(16(19)11-14)21-18(20)15-8-6-5-7-13(15)3/h5-12H,4H2,1-3H3. The second kappa shape index (κ2) is 6.90. The molecule has 0 saturated heterocycles. The maximum atomic E-state index is 12.2. The number of rotatable bonds is 4. The van der Waals surface area contributed by atoms with E-state index in [4.69, 9.17) is 4.74 Å². The van der Waals surface area contributed by atoms with Gasteiger partial charge in [0.15, 0.2) is 0 Å². The first kappa shape index (κ1) is 15.8. The molecule has 0 aliphatic rings. The lowest BCUT2D eigenvalue weighted by Gasteiger charge is -2.12. The van der Waals surface area contributed by atoms with E-state index in [9.17, 15) is 4.79 Å². The molecule has 110 valence electrons. The lowest BCUT2D eigenvalue weighted by molar-refractivity contribution is 0.0733. The molecule has 0 aliphatic heterocycles. The van der Waals surface area contributed by atoms with Crippen LogP contribution in [0.1, 0.15) is 47.7 Å².